The molecule has 3 aliphatic rings. The highest BCUT2D eigenvalue weighted by Crippen LogP contribution is 2.50. The topological polar surface area (TPSA) is 62.1 Å². The third-order valence-electron chi connectivity index (χ3n) is 6.97. The monoisotopic (exact) mass is 377 g/mol. The number of ether oxygens (including phenoxy) is 1. The maximum Gasteiger partial charge on any atom is 0.185 e. The maximum absolute atomic E-state index is 13.5. The average Bonchev–Trinajstić information content (AvgIpc) is 2.70. The van der Waals surface area contributed by atoms with Gasteiger partial charge in [-0.1, -0.05) is 57.8 Å². The van der Waals surface area contributed by atoms with Crippen molar-refractivity contribution < 1.29 is 9.53 Å². The van der Waals surface area contributed by atoms with Crippen molar-refractivity contribution in [2.45, 2.75) is 139 Å². The van der Waals surface area contributed by atoms with Crippen LogP contribution in [0, 0.1) is 0 Å². The van der Waals surface area contributed by atoms with Gasteiger partial charge in [-0.3, -0.25) is 4.79 Å². The van der Waals surface area contributed by atoms with Gasteiger partial charge in [-0.15, -0.1) is 0 Å². The van der Waals surface area contributed by atoms with E-state index in [0.29, 0.717) is 12.8 Å². The molecule has 3 fully saturated rings. The van der Waals surface area contributed by atoms with E-state index in [4.69, 9.17) is 10.5 Å². The third-order valence-corrected chi connectivity index (χ3v) is 6.97. The minimum absolute atomic E-state index is 0.0530. The third kappa shape index (κ3) is 4.59. The SMILES string of the molecule is CC1(C)CC2(CC(C)(C)N1)OC1(CCCCCCCCCCC1)C([NH])C2=O. The van der Waals surface area contributed by atoms with Crippen molar-refractivity contribution >= 4 is 5.78 Å². The van der Waals surface area contributed by atoms with Crippen molar-refractivity contribution in [2.75, 3.05) is 0 Å². The van der Waals surface area contributed by atoms with Gasteiger partial charge in [0.1, 0.15) is 11.6 Å². The maximum atomic E-state index is 13.5. The number of piperidine rings is 1. The highest BCUT2D eigenvalue weighted by Gasteiger charge is 2.64. The van der Waals surface area contributed by atoms with Crippen molar-refractivity contribution in [1.29, 1.82) is 0 Å². The van der Waals surface area contributed by atoms with Gasteiger partial charge < -0.3 is 10.1 Å². The fraction of sp³-hybridized carbons (Fsp3) is 0.957. The first-order valence-electron chi connectivity index (χ1n) is 11.3. The molecule has 2 spiro atoms. The first kappa shape index (κ1) is 21.3. The van der Waals surface area contributed by atoms with Gasteiger partial charge in [0.25, 0.3) is 0 Å². The van der Waals surface area contributed by atoms with Crippen molar-refractivity contribution in [3.63, 3.8) is 0 Å². The van der Waals surface area contributed by atoms with Crippen molar-refractivity contribution in [3.05, 3.63) is 0 Å². The molecule has 2 heterocycles. The van der Waals surface area contributed by atoms with Crippen LogP contribution >= 0.6 is 0 Å². The fourth-order valence-corrected chi connectivity index (χ4v) is 6.34. The second-order valence-corrected chi connectivity index (χ2v) is 10.9. The fourth-order valence-electron chi connectivity index (χ4n) is 6.34. The summed E-state index contributed by atoms with van der Waals surface area (Å²) < 4.78 is 6.84. The van der Waals surface area contributed by atoms with Gasteiger partial charge >= 0.3 is 0 Å². The molecule has 1 atom stereocenters. The molecule has 27 heavy (non-hydrogen) atoms. The zero-order chi connectivity index (χ0) is 19.8. The normalized spacial score (nSPS) is 33.5. The lowest BCUT2D eigenvalue weighted by molar-refractivity contribution is -0.164. The Kier molecular flexibility index (Phi) is 6.11. The molecule has 1 saturated carbocycles. The van der Waals surface area contributed by atoms with E-state index in [9.17, 15) is 4.79 Å². The first-order valence-corrected chi connectivity index (χ1v) is 11.3. The van der Waals surface area contributed by atoms with E-state index in [0.717, 1.165) is 25.7 Å². The molecule has 0 amide bonds. The van der Waals surface area contributed by atoms with Gasteiger partial charge in [-0.25, -0.2) is 5.73 Å². The zero-order valence-corrected chi connectivity index (χ0v) is 18.1. The number of rotatable bonds is 0. The van der Waals surface area contributed by atoms with Crippen molar-refractivity contribution in [3.8, 4) is 0 Å². The van der Waals surface area contributed by atoms with Crippen molar-refractivity contribution in [2.24, 2.45) is 0 Å². The molecule has 3 rings (SSSR count). The van der Waals surface area contributed by atoms with Gasteiger partial charge in [0.05, 0.1) is 5.60 Å². The molecular formula is C23H41N2O2. The summed E-state index contributed by atoms with van der Waals surface area (Å²) in [6.45, 7) is 8.66. The first-order chi connectivity index (χ1) is 12.6. The minimum atomic E-state index is -0.776. The zero-order valence-electron chi connectivity index (χ0n) is 18.1. The summed E-state index contributed by atoms with van der Waals surface area (Å²) in [5.41, 5.74) is 7.25. The van der Waals surface area contributed by atoms with E-state index in [-0.39, 0.29) is 16.9 Å². The van der Waals surface area contributed by atoms with E-state index in [1.807, 2.05) is 0 Å². The lowest BCUT2D eigenvalue weighted by Crippen LogP contribution is -2.65. The van der Waals surface area contributed by atoms with Crippen LogP contribution in [0.5, 0.6) is 0 Å². The van der Waals surface area contributed by atoms with E-state index in [2.05, 4.69) is 33.0 Å². The molecule has 0 aromatic heterocycles. The molecule has 155 valence electrons. The second-order valence-electron chi connectivity index (χ2n) is 10.9. The van der Waals surface area contributed by atoms with E-state index in [1.54, 1.807) is 0 Å². The van der Waals surface area contributed by atoms with Crippen LogP contribution in [0.2, 0.25) is 0 Å². The molecule has 2 aliphatic heterocycles. The largest absolute Gasteiger partial charge is 0.358 e. The Morgan fingerprint density at radius 1 is 0.815 bits per heavy atom. The van der Waals surface area contributed by atoms with Crippen LogP contribution in [0.25, 0.3) is 0 Å². The predicted molar refractivity (Wildman–Crippen MR) is 110 cm³/mol. The minimum Gasteiger partial charge on any atom is -0.358 e. The number of carbonyl (C=O) groups excluding carboxylic acids is 1. The molecule has 4 nitrogen and oxygen atoms in total. The van der Waals surface area contributed by atoms with Crippen LogP contribution in [0.15, 0.2) is 0 Å². The van der Waals surface area contributed by atoms with Gasteiger partial charge in [0.2, 0.25) is 0 Å². The number of ketones is 1. The Bertz CT molecular complexity index is 512. The lowest BCUT2D eigenvalue weighted by Gasteiger charge is -2.51. The summed E-state index contributed by atoms with van der Waals surface area (Å²) in [5.74, 6) is 0.0530. The molecule has 2 saturated heterocycles. The van der Waals surface area contributed by atoms with Crippen LogP contribution in [0.4, 0.5) is 0 Å². The Balaban J connectivity index is 1.85. The van der Waals surface area contributed by atoms with Crippen LogP contribution in [0.1, 0.15) is 111 Å². The molecular weight excluding hydrogens is 336 g/mol. The summed E-state index contributed by atoms with van der Waals surface area (Å²) in [6, 6.07) is -0.717. The number of carbonyl (C=O) groups is 1. The van der Waals surface area contributed by atoms with Crippen LogP contribution in [0.3, 0.4) is 0 Å². The quantitative estimate of drug-likeness (QED) is 0.649. The number of hydrogen-bond donors (Lipinski definition) is 1. The molecule has 1 unspecified atom stereocenters. The number of Topliss-reactive ketones (excluding diaryl/α,β-unsaturated/α-hetero) is 1. The summed E-state index contributed by atoms with van der Waals surface area (Å²) >= 11 is 0. The van der Waals surface area contributed by atoms with Gasteiger partial charge in [-0.05, 0) is 40.5 Å². The molecule has 4 heteroatoms. The summed E-state index contributed by atoms with van der Waals surface area (Å²) in [7, 11) is 0. The van der Waals surface area contributed by atoms with Gasteiger partial charge in [0.15, 0.2) is 5.78 Å². The Morgan fingerprint density at radius 2 is 1.22 bits per heavy atom. The van der Waals surface area contributed by atoms with Gasteiger partial charge in [-0.2, -0.15) is 0 Å². The van der Waals surface area contributed by atoms with E-state index < -0.39 is 17.2 Å². The van der Waals surface area contributed by atoms with Crippen LogP contribution < -0.4 is 11.1 Å². The molecule has 2 N–H and O–H groups in total. The molecule has 0 aromatic rings. The molecule has 0 aromatic carbocycles. The molecule has 1 aliphatic carbocycles. The smallest absolute Gasteiger partial charge is 0.185 e. The molecule has 0 bridgehead atoms. The lowest BCUT2D eigenvalue weighted by atomic mass is 9.70. The second kappa shape index (κ2) is 7.76. The number of hydrogen-bond acceptors (Lipinski definition) is 3. The van der Waals surface area contributed by atoms with Crippen LogP contribution in [-0.4, -0.2) is 34.1 Å². The summed E-state index contributed by atoms with van der Waals surface area (Å²) in [5, 5.41) is 3.67. The van der Waals surface area contributed by atoms with E-state index >= 15 is 0 Å². The standard InChI is InChI=1S/C23H41N2O2/c1-20(2)16-23(17-21(3,4)25-20)19(26)18(24)22(27-23)14-12-10-8-6-5-7-9-11-13-15-22/h18,24-25H,5-17H2,1-4H3. The Labute approximate surface area is 166 Å². The van der Waals surface area contributed by atoms with Crippen LogP contribution in [-0.2, 0) is 9.53 Å². The average molecular weight is 378 g/mol. The Morgan fingerprint density at radius 3 is 1.67 bits per heavy atom. The van der Waals surface area contributed by atoms with Crippen molar-refractivity contribution in [1.82, 2.24) is 11.1 Å². The van der Waals surface area contributed by atoms with Gasteiger partial charge in [0, 0.05) is 23.9 Å². The highest BCUT2D eigenvalue weighted by molar-refractivity contribution is 5.95. The molecule has 1 radical (unpaired) electrons. The Hall–Kier alpha value is -0.450. The summed E-state index contributed by atoms with van der Waals surface area (Å²) in [4.78, 5) is 13.5. The highest BCUT2D eigenvalue weighted by atomic mass is 16.5. The summed E-state index contributed by atoms with van der Waals surface area (Å²) in [6.07, 6.45) is 14.3. The number of nitrogens with one attached hydrogen (secondary N) is 2. The van der Waals surface area contributed by atoms with E-state index in [1.165, 1.54) is 44.9 Å². The predicted octanol–water partition coefficient (Wildman–Crippen LogP) is 4.96.